The standard InChI is InChI=1S/C17H23N5OS/c1-12(18-17(23)19-14-9-6-10-16(14)24-2)15-11-22(21-20-15)13-7-4-3-5-8-13/h3-5,7-8,11-12,14,16H,6,9-10H2,1-2H3,(H2,18,19,23). The van der Waals surface area contributed by atoms with E-state index in [4.69, 9.17) is 0 Å². The van der Waals surface area contributed by atoms with Gasteiger partial charge in [-0.1, -0.05) is 29.8 Å². The Morgan fingerprint density at radius 2 is 2.12 bits per heavy atom. The Labute approximate surface area is 146 Å². The van der Waals surface area contributed by atoms with Crippen molar-refractivity contribution in [2.75, 3.05) is 6.26 Å². The van der Waals surface area contributed by atoms with Crippen LogP contribution in [-0.4, -0.2) is 38.6 Å². The molecule has 24 heavy (non-hydrogen) atoms. The smallest absolute Gasteiger partial charge is 0.315 e. The summed E-state index contributed by atoms with van der Waals surface area (Å²) in [6, 6.07) is 9.72. The van der Waals surface area contributed by atoms with Gasteiger partial charge >= 0.3 is 6.03 Å². The van der Waals surface area contributed by atoms with Gasteiger partial charge in [-0.15, -0.1) is 5.10 Å². The maximum atomic E-state index is 12.2. The lowest BCUT2D eigenvalue weighted by Crippen LogP contribution is -2.45. The molecule has 2 amide bonds. The van der Waals surface area contributed by atoms with E-state index >= 15 is 0 Å². The number of aromatic nitrogens is 3. The summed E-state index contributed by atoms with van der Waals surface area (Å²) in [5.74, 6) is 0. The molecule has 1 fully saturated rings. The van der Waals surface area contributed by atoms with Crippen LogP contribution >= 0.6 is 11.8 Å². The molecule has 1 aliphatic carbocycles. The molecule has 1 aliphatic rings. The molecule has 0 spiro atoms. The van der Waals surface area contributed by atoms with E-state index < -0.39 is 0 Å². The number of carbonyl (C=O) groups excluding carboxylic acids is 1. The second-order valence-electron chi connectivity index (χ2n) is 6.07. The quantitative estimate of drug-likeness (QED) is 0.874. The normalized spacial score (nSPS) is 21.4. The number of rotatable bonds is 5. The number of para-hydroxylation sites is 1. The second kappa shape index (κ2) is 7.70. The van der Waals surface area contributed by atoms with E-state index in [1.54, 1.807) is 4.68 Å². The van der Waals surface area contributed by atoms with Crippen molar-refractivity contribution in [1.82, 2.24) is 25.6 Å². The van der Waals surface area contributed by atoms with E-state index in [2.05, 4.69) is 27.2 Å². The lowest BCUT2D eigenvalue weighted by Gasteiger charge is -2.20. The highest BCUT2D eigenvalue weighted by Gasteiger charge is 2.28. The molecule has 3 unspecified atom stereocenters. The molecule has 0 bridgehead atoms. The number of nitrogens with zero attached hydrogens (tertiary/aromatic N) is 3. The largest absolute Gasteiger partial charge is 0.334 e. The van der Waals surface area contributed by atoms with E-state index in [0.29, 0.717) is 5.25 Å². The molecule has 3 rings (SSSR count). The average molecular weight is 345 g/mol. The fraction of sp³-hybridized carbons (Fsp3) is 0.471. The summed E-state index contributed by atoms with van der Waals surface area (Å²) in [5.41, 5.74) is 1.68. The Balaban J connectivity index is 1.58. The van der Waals surface area contributed by atoms with Gasteiger partial charge in [-0.25, -0.2) is 9.48 Å². The number of carbonyl (C=O) groups is 1. The average Bonchev–Trinajstić information content (AvgIpc) is 3.24. The zero-order chi connectivity index (χ0) is 16.9. The van der Waals surface area contributed by atoms with Gasteiger partial charge in [0.2, 0.25) is 0 Å². The minimum Gasteiger partial charge on any atom is -0.334 e. The van der Waals surface area contributed by atoms with Crippen LogP contribution in [0.4, 0.5) is 4.79 Å². The minimum absolute atomic E-state index is 0.136. The molecule has 128 valence electrons. The summed E-state index contributed by atoms with van der Waals surface area (Å²) >= 11 is 1.83. The van der Waals surface area contributed by atoms with Crippen LogP contribution in [0.5, 0.6) is 0 Å². The van der Waals surface area contributed by atoms with Crippen molar-refractivity contribution >= 4 is 17.8 Å². The van der Waals surface area contributed by atoms with Gasteiger partial charge in [0, 0.05) is 11.3 Å². The Kier molecular flexibility index (Phi) is 5.40. The first-order valence-corrected chi connectivity index (χ1v) is 9.53. The maximum Gasteiger partial charge on any atom is 0.315 e. The van der Waals surface area contributed by atoms with Gasteiger partial charge in [0.25, 0.3) is 0 Å². The third-order valence-electron chi connectivity index (χ3n) is 4.39. The molecular weight excluding hydrogens is 322 g/mol. The number of hydrogen-bond donors (Lipinski definition) is 2. The first-order chi connectivity index (χ1) is 11.7. The van der Waals surface area contributed by atoms with Crippen molar-refractivity contribution < 1.29 is 4.79 Å². The van der Waals surface area contributed by atoms with Crippen molar-refractivity contribution in [3.63, 3.8) is 0 Å². The van der Waals surface area contributed by atoms with Crippen molar-refractivity contribution in [2.45, 2.75) is 43.5 Å². The monoisotopic (exact) mass is 345 g/mol. The molecule has 6 nitrogen and oxygen atoms in total. The molecule has 1 aromatic heterocycles. The van der Waals surface area contributed by atoms with Crippen LogP contribution in [0.2, 0.25) is 0 Å². The van der Waals surface area contributed by atoms with Crippen molar-refractivity contribution in [1.29, 1.82) is 0 Å². The molecule has 1 saturated carbocycles. The van der Waals surface area contributed by atoms with E-state index in [1.807, 2.05) is 55.2 Å². The maximum absolute atomic E-state index is 12.2. The molecule has 2 aromatic rings. The first-order valence-electron chi connectivity index (χ1n) is 8.25. The zero-order valence-electron chi connectivity index (χ0n) is 14.0. The van der Waals surface area contributed by atoms with Crippen LogP contribution in [0, 0.1) is 0 Å². The number of benzene rings is 1. The molecule has 3 atom stereocenters. The first kappa shape index (κ1) is 16.8. The zero-order valence-corrected chi connectivity index (χ0v) is 14.8. The van der Waals surface area contributed by atoms with Gasteiger partial charge in [0.1, 0.15) is 5.69 Å². The van der Waals surface area contributed by atoms with Crippen LogP contribution < -0.4 is 10.6 Å². The summed E-state index contributed by atoms with van der Waals surface area (Å²) < 4.78 is 1.71. The number of hydrogen-bond acceptors (Lipinski definition) is 4. The van der Waals surface area contributed by atoms with Gasteiger partial charge in [0.05, 0.1) is 17.9 Å². The molecule has 0 radical (unpaired) electrons. The molecule has 0 aliphatic heterocycles. The fourth-order valence-electron chi connectivity index (χ4n) is 3.04. The summed E-state index contributed by atoms with van der Waals surface area (Å²) in [7, 11) is 0. The highest BCUT2D eigenvalue weighted by molar-refractivity contribution is 7.99. The molecule has 1 aromatic carbocycles. The summed E-state index contributed by atoms with van der Waals surface area (Å²) in [5, 5.41) is 14.9. The molecular formula is C17H23N5OS. The van der Waals surface area contributed by atoms with Crippen LogP contribution in [0.1, 0.15) is 37.9 Å². The minimum atomic E-state index is -0.198. The van der Waals surface area contributed by atoms with Crippen molar-refractivity contribution in [3.05, 3.63) is 42.2 Å². The molecule has 1 heterocycles. The van der Waals surface area contributed by atoms with Crippen LogP contribution in [0.25, 0.3) is 5.69 Å². The van der Waals surface area contributed by atoms with Gasteiger partial charge < -0.3 is 10.6 Å². The highest BCUT2D eigenvalue weighted by Crippen LogP contribution is 2.28. The summed E-state index contributed by atoms with van der Waals surface area (Å²) in [4.78, 5) is 12.2. The van der Waals surface area contributed by atoms with Gasteiger partial charge in [-0.05, 0) is 38.2 Å². The van der Waals surface area contributed by atoms with Gasteiger partial charge in [0.15, 0.2) is 0 Å². The van der Waals surface area contributed by atoms with Crippen molar-refractivity contribution in [2.24, 2.45) is 0 Å². The summed E-state index contributed by atoms with van der Waals surface area (Å²) in [6.07, 6.45) is 7.36. The Morgan fingerprint density at radius 3 is 2.88 bits per heavy atom. The Bertz CT molecular complexity index is 675. The predicted molar refractivity (Wildman–Crippen MR) is 96.4 cm³/mol. The second-order valence-corrected chi connectivity index (χ2v) is 7.15. The predicted octanol–water partition coefficient (Wildman–Crippen LogP) is 2.91. The van der Waals surface area contributed by atoms with Crippen LogP contribution in [-0.2, 0) is 0 Å². The highest BCUT2D eigenvalue weighted by atomic mass is 32.2. The van der Waals surface area contributed by atoms with Crippen LogP contribution in [0.3, 0.4) is 0 Å². The lowest BCUT2D eigenvalue weighted by atomic mass is 10.2. The number of nitrogens with one attached hydrogen (secondary N) is 2. The van der Waals surface area contributed by atoms with E-state index in [9.17, 15) is 4.79 Å². The Morgan fingerprint density at radius 1 is 1.33 bits per heavy atom. The Hall–Kier alpha value is -2.02. The fourth-order valence-corrected chi connectivity index (χ4v) is 3.97. The van der Waals surface area contributed by atoms with Crippen molar-refractivity contribution in [3.8, 4) is 5.69 Å². The number of amides is 2. The third kappa shape index (κ3) is 3.90. The number of urea groups is 1. The van der Waals surface area contributed by atoms with Crippen LogP contribution in [0.15, 0.2) is 36.5 Å². The molecule has 2 N–H and O–H groups in total. The molecule has 0 saturated heterocycles. The van der Waals surface area contributed by atoms with Gasteiger partial charge in [-0.2, -0.15) is 11.8 Å². The third-order valence-corrected chi connectivity index (χ3v) is 5.56. The SMILES string of the molecule is CSC1CCCC1NC(=O)NC(C)c1cn(-c2ccccc2)nn1. The molecule has 7 heteroatoms. The van der Waals surface area contributed by atoms with Gasteiger partial charge in [-0.3, -0.25) is 0 Å². The number of thioether (sulfide) groups is 1. The lowest BCUT2D eigenvalue weighted by molar-refractivity contribution is 0.234. The topological polar surface area (TPSA) is 71.8 Å². The van der Waals surface area contributed by atoms with E-state index in [1.165, 1.54) is 12.8 Å². The van der Waals surface area contributed by atoms with E-state index in [-0.39, 0.29) is 18.1 Å². The summed E-state index contributed by atoms with van der Waals surface area (Å²) in [6.45, 7) is 1.92. The van der Waals surface area contributed by atoms with E-state index in [0.717, 1.165) is 17.8 Å².